The fourth-order valence-corrected chi connectivity index (χ4v) is 4.54. The first kappa shape index (κ1) is 19.6. The minimum Gasteiger partial charge on any atom is -0.347 e. The third kappa shape index (κ3) is 4.49. The summed E-state index contributed by atoms with van der Waals surface area (Å²) >= 11 is 0. The maximum atomic E-state index is 13.0. The third-order valence-electron chi connectivity index (χ3n) is 6.12. The van der Waals surface area contributed by atoms with E-state index in [1.165, 1.54) is 19.3 Å². The molecule has 2 aliphatic rings. The number of hydrogen-bond donors (Lipinski definition) is 1. The third-order valence-corrected chi connectivity index (χ3v) is 6.12. The molecule has 1 saturated heterocycles. The van der Waals surface area contributed by atoms with Crippen molar-refractivity contribution in [3.63, 3.8) is 0 Å². The lowest BCUT2D eigenvalue weighted by atomic mass is 9.95. The highest BCUT2D eigenvalue weighted by molar-refractivity contribution is 5.97. The van der Waals surface area contributed by atoms with Gasteiger partial charge in [0.15, 0.2) is 5.82 Å². The van der Waals surface area contributed by atoms with Gasteiger partial charge < -0.3 is 14.8 Å². The first-order chi connectivity index (χ1) is 14.2. The summed E-state index contributed by atoms with van der Waals surface area (Å²) in [5.41, 5.74) is 0.629. The Labute approximate surface area is 171 Å². The lowest BCUT2D eigenvalue weighted by Gasteiger charge is -2.34. The Hall–Kier alpha value is -2.70. The van der Waals surface area contributed by atoms with E-state index in [0.717, 1.165) is 31.5 Å². The number of likely N-dealkylation sites (tertiary alicyclic amines) is 1. The van der Waals surface area contributed by atoms with Crippen molar-refractivity contribution in [1.29, 1.82) is 0 Å². The van der Waals surface area contributed by atoms with Gasteiger partial charge in [-0.1, -0.05) is 37.5 Å². The van der Waals surface area contributed by atoms with E-state index in [0.29, 0.717) is 31.1 Å². The molecular formula is C22H29N5O2. The first-order valence-electron chi connectivity index (χ1n) is 10.8. The number of rotatable bonds is 5. The zero-order valence-corrected chi connectivity index (χ0v) is 16.8. The number of aromatic nitrogens is 3. The van der Waals surface area contributed by atoms with Gasteiger partial charge in [-0.25, -0.2) is 0 Å². The van der Waals surface area contributed by atoms with Crippen LogP contribution in [0.2, 0.25) is 0 Å². The summed E-state index contributed by atoms with van der Waals surface area (Å²) < 4.78 is 2.12. The molecule has 1 atom stereocenters. The average Bonchev–Trinajstić information content (AvgIpc) is 3.27. The Balaban J connectivity index is 1.41. The van der Waals surface area contributed by atoms with E-state index >= 15 is 0 Å². The molecule has 1 N–H and O–H groups in total. The highest BCUT2D eigenvalue weighted by Gasteiger charge is 2.32. The number of nitrogens with one attached hydrogen (secondary N) is 1. The monoisotopic (exact) mass is 395 g/mol. The van der Waals surface area contributed by atoms with Crippen LogP contribution in [-0.2, 0) is 11.3 Å². The van der Waals surface area contributed by atoms with E-state index in [2.05, 4.69) is 20.1 Å². The molecule has 1 aliphatic carbocycles. The summed E-state index contributed by atoms with van der Waals surface area (Å²) in [6.07, 6.45) is 10.4. The molecular weight excluding hydrogens is 366 g/mol. The number of amides is 2. The molecule has 1 aliphatic heterocycles. The zero-order chi connectivity index (χ0) is 20.1. The summed E-state index contributed by atoms with van der Waals surface area (Å²) in [4.78, 5) is 27.6. The number of hydrogen-bond acceptors (Lipinski definition) is 4. The number of piperidine rings is 1. The highest BCUT2D eigenvalue weighted by Crippen LogP contribution is 2.28. The molecule has 1 saturated carbocycles. The Morgan fingerprint density at radius 2 is 1.76 bits per heavy atom. The molecule has 2 amide bonds. The van der Waals surface area contributed by atoms with E-state index in [-0.39, 0.29) is 11.8 Å². The molecule has 0 radical (unpaired) electrons. The van der Waals surface area contributed by atoms with Crippen LogP contribution in [0.15, 0.2) is 36.7 Å². The van der Waals surface area contributed by atoms with Crippen LogP contribution in [0.25, 0.3) is 0 Å². The number of carbonyl (C=O) groups excluding carboxylic acids is 2. The fraction of sp³-hybridized carbons (Fsp3) is 0.545. The van der Waals surface area contributed by atoms with Gasteiger partial charge in [0.2, 0.25) is 5.91 Å². The van der Waals surface area contributed by atoms with Crippen molar-refractivity contribution in [1.82, 2.24) is 25.0 Å². The van der Waals surface area contributed by atoms with Crippen LogP contribution in [0.5, 0.6) is 0 Å². The quantitative estimate of drug-likeness (QED) is 0.844. The summed E-state index contributed by atoms with van der Waals surface area (Å²) in [6, 6.07) is 9.20. The Morgan fingerprint density at radius 3 is 2.55 bits per heavy atom. The molecule has 2 heterocycles. The Bertz CT molecular complexity index is 829. The first-order valence-corrected chi connectivity index (χ1v) is 10.8. The van der Waals surface area contributed by atoms with Gasteiger partial charge in [0.1, 0.15) is 12.4 Å². The van der Waals surface area contributed by atoms with Crippen molar-refractivity contribution in [3.8, 4) is 0 Å². The van der Waals surface area contributed by atoms with Crippen molar-refractivity contribution in [2.24, 2.45) is 0 Å². The molecule has 7 nitrogen and oxygen atoms in total. The van der Waals surface area contributed by atoms with E-state index in [4.69, 9.17) is 0 Å². The lowest BCUT2D eigenvalue weighted by molar-refractivity contribution is -0.126. The second kappa shape index (κ2) is 9.20. The molecule has 2 aromatic rings. The predicted molar refractivity (Wildman–Crippen MR) is 109 cm³/mol. The van der Waals surface area contributed by atoms with E-state index in [9.17, 15) is 9.59 Å². The molecule has 29 heavy (non-hydrogen) atoms. The molecule has 4 rings (SSSR count). The molecule has 7 heteroatoms. The normalized spacial score (nSPS) is 20.4. The van der Waals surface area contributed by atoms with Crippen molar-refractivity contribution >= 4 is 11.8 Å². The van der Waals surface area contributed by atoms with Crippen LogP contribution >= 0.6 is 0 Å². The topological polar surface area (TPSA) is 80.1 Å². The molecule has 2 fully saturated rings. The van der Waals surface area contributed by atoms with Gasteiger partial charge in [-0.3, -0.25) is 9.59 Å². The van der Waals surface area contributed by atoms with Crippen LogP contribution < -0.4 is 5.32 Å². The van der Waals surface area contributed by atoms with Crippen LogP contribution in [0.1, 0.15) is 73.6 Å². The standard InChI is InChI=1S/C22H29N5O2/c28-21(23-15-20-25-24-16-27(20)18-11-5-2-6-12-18)19-13-7-8-14-26(19)22(29)17-9-3-1-4-10-17/h1,3-4,9-10,16,18-19H,2,5-8,11-15H2,(H,23,28). The molecule has 1 aromatic carbocycles. The van der Waals surface area contributed by atoms with E-state index in [1.54, 1.807) is 23.4 Å². The van der Waals surface area contributed by atoms with Gasteiger partial charge in [-0.15, -0.1) is 10.2 Å². The van der Waals surface area contributed by atoms with Crippen LogP contribution in [0, 0.1) is 0 Å². The van der Waals surface area contributed by atoms with Gasteiger partial charge in [-0.2, -0.15) is 0 Å². The van der Waals surface area contributed by atoms with Gasteiger partial charge in [-0.05, 0) is 44.2 Å². The van der Waals surface area contributed by atoms with Crippen molar-refractivity contribution in [2.75, 3.05) is 6.54 Å². The minimum absolute atomic E-state index is 0.0733. The van der Waals surface area contributed by atoms with Crippen LogP contribution in [0.4, 0.5) is 0 Å². The van der Waals surface area contributed by atoms with E-state index in [1.807, 2.05) is 18.2 Å². The number of nitrogens with zero attached hydrogens (tertiary/aromatic N) is 4. The molecule has 0 bridgehead atoms. The highest BCUT2D eigenvalue weighted by atomic mass is 16.2. The largest absolute Gasteiger partial charge is 0.347 e. The summed E-state index contributed by atoms with van der Waals surface area (Å²) in [6.45, 7) is 0.962. The van der Waals surface area contributed by atoms with Gasteiger partial charge in [0.05, 0.1) is 6.54 Å². The summed E-state index contributed by atoms with van der Waals surface area (Å²) in [5.74, 6) is 0.616. The second-order valence-corrected chi connectivity index (χ2v) is 8.04. The van der Waals surface area contributed by atoms with Gasteiger partial charge in [0.25, 0.3) is 5.91 Å². The zero-order valence-electron chi connectivity index (χ0n) is 16.8. The Kier molecular flexibility index (Phi) is 6.22. The summed E-state index contributed by atoms with van der Waals surface area (Å²) in [5, 5.41) is 11.3. The van der Waals surface area contributed by atoms with Gasteiger partial charge >= 0.3 is 0 Å². The van der Waals surface area contributed by atoms with Crippen molar-refractivity contribution < 1.29 is 9.59 Å². The van der Waals surface area contributed by atoms with Crippen molar-refractivity contribution in [3.05, 3.63) is 48.0 Å². The molecule has 1 unspecified atom stereocenters. The van der Waals surface area contributed by atoms with Crippen LogP contribution in [-0.4, -0.2) is 44.1 Å². The van der Waals surface area contributed by atoms with Crippen molar-refractivity contribution in [2.45, 2.75) is 70.0 Å². The maximum Gasteiger partial charge on any atom is 0.254 e. The average molecular weight is 396 g/mol. The molecule has 0 spiro atoms. The Morgan fingerprint density at radius 1 is 1.00 bits per heavy atom. The molecule has 154 valence electrons. The van der Waals surface area contributed by atoms with E-state index < -0.39 is 6.04 Å². The second-order valence-electron chi connectivity index (χ2n) is 8.04. The maximum absolute atomic E-state index is 13.0. The number of benzene rings is 1. The predicted octanol–water partition coefficient (Wildman–Crippen LogP) is 3.09. The van der Waals surface area contributed by atoms with Gasteiger partial charge in [0, 0.05) is 18.2 Å². The fourth-order valence-electron chi connectivity index (χ4n) is 4.54. The SMILES string of the molecule is O=C(NCc1nncn1C1CCCCC1)C1CCCCN1C(=O)c1ccccc1. The summed E-state index contributed by atoms with van der Waals surface area (Å²) in [7, 11) is 0. The number of carbonyl (C=O) groups is 2. The molecule has 1 aromatic heterocycles. The lowest BCUT2D eigenvalue weighted by Crippen LogP contribution is -2.51. The minimum atomic E-state index is -0.428. The smallest absolute Gasteiger partial charge is 0.254 e. The van der Waals surface area contributed by atoms with Crippen LogP contribution in [0.3, 0.4) is 0 Å².